The predicted octanol–water partition coefficient (Wildman–Crippen LogP) is 4.16. The third-order valence-corrected chi connectivity index (χ3v) is 4.07. The highest BCUT2D eigenvalue weighted by atomic mass is 32.1. The van der Waals surface area contributed by atoms with Crippen LogP contribution < -0.4 is 5.32 Å². The molecule has 1 amide bonds. The summed E-state index contributed by atoms with van der Waals surface area (Å²) in [5, 5.41) is 12.3. The molecule has 0 aliphatic carbocycles. The maximum absolute atomic E-state index is 13.1. The number of rotatable bonds is 2. The SMILES string of the molecule is N#Cc1ccc(NC(=O)c2cc3ccc(F)cc3s2)cc1. The van der Waals surface area contributed by atoms with Gasteiger partial charge in [0, 0.05) is 10.4 Å². The van der Waals surface area contributed by atoms with Crippen molar-refractivity contribution in [1.82, 2.24) is 0 Å². The molecule has 1 aromatic heterocycles. The molecule has 2 aromatic carbocycles. The molecule has 0 bridgehead atoms. The molecule has 0 saturated heterocycles. The highest BCUT2D eigenvalue weighted by Gasteiger charge is 2.11. The number of thiophene rings is 1. The largest absolute Gasteiger partial charge is 0.321 e. The lowest BCUT2D eigenvalue weighted by Crippen LogP contribution is -2.09. The average Bonchev–Trinajstić information content (AvgIpc) is 2.91. The molecule has 0 atom stereocenters. The van der Waals surface area contributed by atoms with Gasteiger partial charge in [0.25, 0.3) is 5.91 Å². The molecule has 21 heavy (non-hydrogen) atoms. The summed E-state index contributed by atoms with van der Waals surface area (Å²) in [6, 6.07) is 14.8. The van der Waals surface area contributed by atoms with Crippen LogP contribution >= 0.6 is 11.3 Å². The van der Waals surface area contributed by atoms with Crippen molar-refractivity contribution < 1.29 is 9.18 Å². The molecule has 0 fully saturated rings. The van der Waals surface area contributed by atoms with Crippen LogP contribution in [0.2, 0.25) is 0 Å². The maximum Gasteiger partial charge on any atom is 0.265 e. The van der Waals surface area contributed by atoms with Crippen molar-refractivity contribution in [2.24, 2.45) is 0 Å². The molecule has 3 aromatic rings. The highest BCUT2D eigenvalue weighted by molar-refractivity contribution is 7.20. The molecule has 1 heterocycles. The first-order valence-electron chi connectivity index (χ1n) is 6.16. The van der Waals surface area contributed by atoms with Crippen molar-refractivity contribution in [2.75, 3.05) is 5.32 Å². The van der Waals surface area contributed by atoms with E-state index in [1.54, 1.807) is 36.4 Å². The number of carbonyl (C=O) groups is 1. The quantitative estimate of drug-likeness (QED) is 0.771. The smallest absolute Gasteiger partial charge is 0.265 e. The Labute approximate surface area is 124 Å². The zero-order valence-corrected chi connectivity index (χ0v) is 11.6. The molecular formula is C16H9FN2OS. The average molecular weight is 296 g/mol. The number of halogens is 1. The normalized spacial score (nSPS) is 10.3. The third kappa shape index (κ3) is 2.76. The minimum atomic E-state index is -0.316. The summed E-state index contributed by atoms with van der Waals surface area (Å²) < 4.78 is 13.9. The van der Waals surface area contributed by atoms with E-state index in [1.165, 1.54) is 23.5 Å². The first kappa shape index (κ1) is 13.3. The van der Waals surface area contributed by atoms with Crippen molar-refractivity contribution >= 4 is 33.0 Å². The Bertz CT molecular complexity index is 862. The molecular weight excluding hydrogens is 287 g/mol. The maximum atomic E-state index is 13.1. The van der Waals surface area contributed by atoms with Crippen LogP contribution in [0.3, 0.4) is 0 Å². The summed E-state index contributed by atoms with van der Waals surface area (Å²) in [7, 11) is 0. The van der Waals surface area contributed by atoms with Gasteiger partial charge in [-0.15, -0.1) is 11.3 Å². The van der Waals surface area contributed by atoms with Crippen LogP contribution in [0.25, 0.3) is 10.1 Å². The Morgan fingerprint density at radius 3 is 2.62 bits per heavy atom. The summed E-state index contributed by atoms with van der Waals surface area (Å²) in [5.74, 6) is -0.565. The van der Waals surface area contributed by atoms with Crippen LogP contribution in [0.1, 0.15) is 15.2 Å². The molecule has 0 saturated carbocycles. The standard InChI is InChI=1S/C16H9FN2OS/c17-12-4-3-11-7-15(21-14(11)8-12)16(20)19-13-5-1-10(9-18)2-6-13/h1-8H,(H,19,20). The van der Waals surface area contributed by atoms with E-state index in [0.717, 1.165) is 10.1 Å². The number of anilines is 1. The van der Waals surface area contributed by atoms with Gasteiger partial charge in [-0.1, -0.05) is 6.07 Å². The lowest BCUT2D eigenvalue weighted by atomic mass is 10.2. The number of benzene rings is 2. The van der Waals surface area contributed by atoms with Gasteiger partial charge in [0.05, 0.1) is 16.5 Å². The molecule has 0 aliphatic heterocycles. The van der Waals surface area contributed by atoms with Crippen LogP contribution in [0, 0.1) is 17.1 Å². The summed E-state index contributed by atoms with van der Waals surface area (Å²) >= 11 is 1.24. The summed E-state index contributed by atoms with van der Waals surface area (Å²) in [6.07, 6.45) is 0. The van der Waals surface area contributed by atoms with Crippen molar-refractivity contribution in [3.8, 4) is 6.07 Å². The number of nitrogens with zero attached hydrogens (tertiary/aromatic N) is 1. The zero-order chi connectivity index (χ0) is 14.8. The van der Waals surface area contributed by atoms with Crippen LogP contribution in [0.4, 0.5) is 10.1 Å². The van der Waals surface area contributed by atoms with Crippen LogP contribution in [0.15, 0.2) is 48.5 Å². The van der Waals surface area contributed by atoms with Crippen LogP contribution in [0.5, 0.6) is 0 Å². The molecule has 0 radical (unpaired) electrons. The van der Waals surface area contributed by atoms with Gasteiger partial charge in [-0.3, -0.25) is 4.79 Å². The van der Waals surface area contributed by atoms with Crippen molar-refractivity contribution in [3.63, 3.8) is 0 Å². The summed E-state index contributed by atoms with van der Waals surface area (Å²) in [6.45, 7) is 0. The highest BCUT2D eigenvalue weighted by Crippen LogP contribution is 2.27. The second kappa shape index (κ2) is 5.35. The second-order valence-electron chi connectivity index (χ2n) is 4.44. The number of hydrogen-bond acceptors (Lipinski definition) is 3. The Balaban J connectivity index is 1.84. The molecule has 3 nitrogen and oxygen atoms in total. The van der Waals surface area contributed by atoms with Gasteiger partial charge in [-0.25, -0.2) is 4.39 Å². The van der Waals surface area contributed by atoms with Gasteiger partial charge in [-0.05, 0) is 47.9 Å². The first-order valence-corrected chi connectivity index (χ1v) is 6.98. The minimum absolute atomic E-state index is 0.249. The van der Waals surface area contributed by atoms with E-state index >= 15 is 0 Å². The van der Waals surface area contributed by atoms with E-state index in [2.05, 4.69) is 5.32 Å². The topological polar surface area (TPSA) is 52.9 Å². The summed E-state index contributed by atoms with van der Waals surface area (Å²) in [4.78, 5) is 12.7. The number of fused-ring (bicyclic) bond motifs is 1. The van der Waals surface area contributed by atoms with E-state index in [1.807, 2.05) is 6.07 Å². The predicted molar refractivity (Wildman–Crippen MR) is 80.9 cm³/mol. The van der Waals surface area contributed by atoms with Gasteiger partial charge in [0.2, 0.25) is 0 Å². The van der Waals surface area contributed by atoms with Gasteiger partial charge in [0.1, 0.15) is 5.82 Å². The monoisotopic (exact) mass is 296 g/mol. The van der Waals surface area contributed by atoms with Crippen molar-refractivity contribution in [2.45, 2.75) is 0 Å². The van der Waals surface area contributed by atoms with Gasteiger partial charge < -0.3 is 5.32 Å². The van der Waals surface area contributed by atoms with E-state index in [-0.39, 0.29) is 11.7 Å². The second-order valence-corrected chi connectivity index (χ2v) is 5.52. The van der Waals surface area contributed by atoms with Crippen LogP contribution in [-0.2, 0) is 0 Å². The van der Waals surface area contributed by atoms with Gasteiger partial charge in [-0.2, -0.15) is 5.26 Å². The Hall–Kier alpha value is -2.71. The van der Waals surface area contributed by atoms with Gasteiger partial charge >= 0.3 is 0 Å². The minimum Gasteiger partial charge on any atom is -0.321 e. The number of nitriles is 1. The van der Waals surface area contributed by atoms with E-state index in [0.29, 0.717) is 16.1 Å². The van der Waals surface area contributed by atoms with E-state index in [4.69, 9.17) is 5.26 Å². The zero-order valence-electron chi connectivity index (χ0n) is 10.8. The molecule has 3 rings (SSSR count). The number of amides is 1. The Morgan fingerprint density at radius 1 is 1.14 bits per heavy atom. The van der Waals surface area contributed by atoms with Crippen molar-refractivity contribution in [1.29, 1.82) is 5.26 Å². The fourth-order valence-electron chi connectivity index (χ4n) is 1.94. The lowest BCUT2D eigenvalue weighted by Gasteiger charge is -2.02. The third-order valence-electron chi connectivity index (χ3n) is 2.98. The fraction of sp³-hybridized carbons (Fsp3) is 0. The number of carbonyl (C=O) groups excluding carboxylic acids is 1. The Morgan fingerprint density at radius 2 is 1.90 bits per heavy atom. The molecule has 102 valence electrons. The van der Waals surface area contributed by atoms with E-state index in [9.17, 15) is 9.18 Å². The number of hydrogen-bond donors (Lipinski definition) is 1. The molecule has 1 N–H and O–H groups in total. The van der Waals surface area contributed by atoms with E-state index < -0.39 is 0 Å². The van der Waals surface area contributed by atoms with Gasteiger partial charge in [0.15, 0.2) is 0 Å². The first-order chi connectivity index (χ1) is 10.2. The lowest BCUT2D eigenvalue weighted by molar-refractivity contribution is 0.103. The molecule has 0 unspecified atom stereocenters. The molecule has 0 aliphatic rings. The molecule has 5 heteroatoms. The summed E-state index contributed by atoms with van der Waals surface area (Å²) in [5.41, 5.74) is 1.15. The van der Waals surface area contributed by atoms with Crippen LogP contribution in [-0.4, -0.2) is 5.91 Å². The Kier molecular flexibility index (Phi) is 3.38. The number of nitrogens with one attached hydrogen (secondary N) is 1. The fourth-order valence-corrected chi connectivity index (χ4v) is 2.92. The van der Waals surface area contributed by atoms with Crippen molar-refractivity contribution in [3.05, 3.63) is 64.8 Å². The molecule has 0 spiro atoms.